The fourth-order valence-electron chi connectivity index (χ4n) is 2.18. The number of thiazole rings is 1. The molecule has 6 nitrogen and oxygen atoms in total. The minimum absolute atomic E-state index is 0.364. The molecule has 0 aliphatic carbocycles. The highest BCUT2D eigenvalue weighted by Gasteiger charge is 2.22. The number of aromatic nitrogens is 3. The molecule has 1 fully saturated rings. The first-order valence-electron chi connectivity index (χ1n) is 6.37. The monoisotopic (exact) mass is 294 g/mol. The van der Waals surface area contributed by atoms with Gasteiger partial charge >= 0.3 is 0 Å². The molecule has 0 atom stereocenters. The van der Waals surface area contributed by atoms with E-state index >= 15 is 0 Å². The molecular formula is C12H15FN6S. The fraction of sp³-hybridized carbons (Fsp3) is 0.417. The fourth-order valence-corrected chi connectivity index (χ4v) is 2.88. The topological polar surface area (TPSA) is 57.2 Å². The Kier molecular flexibility index (Phi) is 3.64. The van der Waals surface area contributed by atoms with Crippen LogP contribution in [0, 0.1) is 5.82 Å². The maximum absolute atomic E-state index is 13.8. The van der Waals surface area contributed by atoms with Crippen molar-refractivity contribution in [2.24, 2.45) is 0 Å². The van der Waals surface area contributed by atoms with Gasteiger partial charge in [0.05, 0.1) is 6.20 Å². The van der Waals surface area contributed by atoms with E-state index in [0.29, 0.717) is 11.8 Å². The highest BCUT2D eigenvalue weighted by Crippen LogP contribution is 2.22. The van der Waals surface area contributed by atoms with Gasteiger partial charge in [0.15, 0.2) is 16.8 Å². The third kappa shape index (κ3) is 2.51. The third-order valence-corrected chi connectivity index (χ3v) is 4.05. The van der Waals surface area contributed by atoms with Crippen LogP contribution in [-0.4, -0.2) is 48.2 Å². The SMILES string of the molecule is CNc1ncc(F)c(N2CCN(c3nccs3)CC2)n1. The van der Waals surface area contributed by atoms with Crippen molar-refractivity contribution in [3.05, 3.63) is 23.6 Å². The van der Waals surface area contributed by atoms with Crippen LogP contribution in [-0.2, 0) is 0 Å². The van der Waals surface area contributed by atoms with Gasteiger partial charge in [-0.1, -0.05) is 0 Å². The Morgan fingerprint density at radius 1 is 1.20 bits per heavy atom. The van der Waals surface area contributed by atoms with Crippen LogP contribution in [0.2, 0.25) is 0 Å². The number of anilines is 3. The molecule has 0 unspecified atom stereocenters. The second-order valence-electron chi connectivity index (χ2n) is 4.40. The van der Waals surface area contributed by atoms with E-state index in [-0.39, 0.29) is 5.82 Å². The molecule has 3 heterocycles. The quantitative estimate of drug-likeness (QED) is 0.924. The average Bonchev–Trinajstić information content (AvgIpc) is 3.02. The number of hydrogen-bond donors (Lipinski definition) is 1. The van der Waals surface area contributed by atoms with Gasteiger partial charge in [-0.2, -0.15) is 4.98 Å². The highest BCUT2D eigenvalue weighted by molar-refractivity contribution is 7.13. The molecule has 1 N–H and O–H groups in total. The molecule has 0 spiro atoms. The Balaban J connectivity index is 1.72. The van der Waals surface area contributed by atoms with Crippen LogP contribution in [0.3, 0.4) is 0 Å². The summed E-state index contributed by atoms with van der Waals surface area (Å²) in [4.78, 5) is 16.5. The lowest BCUT2D eigenvalue weighted by atomic mass is 10.3. The molecule has 1 aliphatic heterocycles. The first-order valence-corrected chi connectivity index (χ1v) is 7.25. The summed E-state index contributed by atoms with van der Waals surface area (Å²) in [6, 6.07) is 0. The second kappa shape index (κ2) is 5.58. The van der Waals surface area contributed by atoms with Crippen LogP contribution in [0.4, 0.5) is 21.3 Å². The molecule has 0 saturated carbocycles. The van der Waals surface area contributed by atoms with Crippen LogP contribution in [0.1, 0.15) is 0 Å². The van der Waals surface area contributed by atoms with E-state index in [2.05, 4.69) is 25.2 Å². The maximum atomic E-state index is 13.8. The van der Waals surface area contributed by atoms with E-state index in [1.54, 1.807) is 24.6 Å². The number of rotatable bonds is 3. The molecule has 20 heavy (non-hydrogen) atoms. The van der Waals surface area contributed by atoms with Crippen molar-refractivity contribution < 1.29 is 4.39 Å². The van der Waals surface area contributed by atoms with E-state index in [0.717, 1.165) is 31.3 Å². The van der Waals surface area contributed by atoms with Crippen molar-refractivity contribution in [2.75, 3.05) is 48.3 Å². The van der Waals surface area contributed by atoms with Crippen LogP contribution < -0.4 is 15.1 Å². The molecule has 1 aliphatic rings. The first-order chi connectivity index (χ1) is 9.78. The lowest BCUT2D eigenvalue weighted by Crippen LogP contribution is -2.47. The zero-order chi connectivity index (χ0) is 13.9. The van der Waals surface area contributed by atoms with Gasteiger partial charge in [-0.05, 0) is 0 Å². The van der Waals surface area contributed by atoms with Crippen molar-refractivity contribution in [2.45, 2.75) is 0 Å². The van der Waals surface area contributed by atoms with Crippen LogP contribution in [0.25, 0.3) is 0 Å². The van der Waals surface area contributed by atoms with Gasteiger partial charge in [-0.15, -0.1) is 11.3 Å². The van der Waals surface area contributed by atoms with Gasteiger partial charge in [0.2, 0.25) is 5.95 Å². The lowest BCUT2D eigenvalue weighted by Gasteiger charge is -2.35. The molecule has 1 saturated heterocycles. The van der Waals surface area contributed by atoms with Crippen LogP contribution in [0.15, 0.2) is 17.8 Å². The standard InChI is InChI=1S/C12H15FN6S/c1-14-11-16-8-9(13)10(17-11)18-3-5-19(6-4-18)12-15-2-7-20-12/h2,7-8H,3-6H2,1H3,(H,14,16,17). The summed E-state index contributed by atoms with van der Waals surface area (Å²) >= 11 is 1.62. The van der Waals surface area contributed by atoms with Gasteiger partial charge in [-0.25, -0.2) is 14.4 Å². The Bertz CT molecular complexity index is 567. The van der Waals surface area contributed by atoms with Crippen LogP contribution in [0.5, 0.6) is 0 Å². The Morgan fingerprint density at radius 2 is 1.95 bits per heavy atom. The lowest BCUT2D eigenvalue weighted by molar-refractivity contribution is 0.583. The van der Waals surface area contributed by atoms with E-state index in [1.807, 2.05) is 10.3 Å². The number of halogens is 1. The molecule has 3 rings (SSSR count). The van der Waals surface area contributed by atoms with Gasteiger partial charge in [0.1, 0.15) is 0 Å². The third-order valence-electron chi connectivity index (χ3n) is 3.22. The summed E-state index contributed by atoms with van der Waals surface area (Å²) in [5.41, 5.74) is 0. The maximum Gasteiger partial charge on any atom is 0.224 e. The van der Waals surface area contributed by atoms with E-state index < -0.39 is 0 Å². The predicted octanol–water partition coefficient (Wildman–Crippen LogP) is 1.44. The number of nitrogens with zero attached hydrogens (tertiary/aromatic N) is 5. The van der Waals surface area contributed by atoms with Crippen LogP contribution >= 0.6 is 11.3 Å². The molecule has 106 valence electrons. The number of piperazine rings is 1. The van der Waals surface area contributed by atoms with E-state index in [4.69, 9.17) is 0 Å². The number of hydrogen-bond acceptors (Lipinski definition) is 7. The minimum atomic E-state index is -0.383. The summed E-state index contributed by atoms with van der Waals surface area (Å²) in [6.07, 6.45) is 3.01. The molecule has 8 heteroatoms. The van der Waals surface area contributed by atoms with Crippen molar-refractivity contribution in [1.82, 2.24) is 15.0 Å². The summed E-state index contributed by atoms with van der Waals surface area (Å²) < 4.78 is 13.8. The molecule has 0 radical (unpaired) electrons. The Morgan fingerprint density at radius 3 is 2.60 bits per heavy atom. The van der Waals surface area contributed by atoms with Gasteiger partial charge in [0, 0.05) is 44.8 Å². The molecular weight excluding hydrogens is 279 g/mol. The zero-order valence-corrected chi connectivity index (χ0v) is 11.9. The summed E-state index contributed by atoms with van der Waals surface area (Å²) in [5.74, 6) is 0.415. The summed E-state index contributed by atoms with van der Waals surface area (Å²) in [5, 5.41) is 5.81. The number of nitrogens with one attached hydrogen (secondary N) is 1. The molecule has 2 aromatic rings. The first kappa shape index (κ1) is 13.0. The van der Waals surface area contributed by atoms with Gasteiger partial charge in [-0.3, -0.25) is 0 Å². The minimum Gasteiger partial charge on any atom is -0.357 e. The van der Waals surface area contributed by atoms with Gasteiger partial charge in [0.25, 0.3) is 0 Å². The molecule has 0 amide bonds. The predicted molar refractivity (Wildman–Crippen MR) is 78.1 cm³/mol. The summed E-state index contributed by atoms with van der Waals surface area (Å²) in [6.45, 7) is 3.06. The second-order valence-corrected chi connectivity index (χ2v) is 5.28. The highest BCUT2D eigenvalue weighted by atomic mass is 32.1. The zero-order valence-electron chi connectivity index (χ0n) is 11.1. The van der Waals surface area contributed by atoms with E-state index in [1.165, 1.54) is 6.20 Å². The summed E-state index contributed by atoms with van der Waals surface area (Å²) in [7, 11) is 1.72. The van der Waals surface area contributed by atoms with E-state index in [9.17, 15) is 4.39 Å². The largest absolute Gasteiger partial charge is 0.357 e. The normalized spacial score (nSPS) is 15.5. The van der Waals surface area contributed by atoms with Crippen molar-refractivity contribution in [1.29, 1.82) is 0 Å². The Hall–Kier alpha value is -1.96. The van der Waals surface area contributed by atoms with Crippen molar-refractivity contribution in [3.63, 3.8) is 0 Å². The Labute approximate surface area is 120 Å². The average molecular weight is 294 g/mol. The molecule has 0 aromatic carbocycles. The molecule has 2 aromatic heterocycles. The van der Waals surface area contributed by atoms with Gasteiger partial charge < -0.3 is 15.1 Å². The van der Waals surface area contributed by atoms with Crippen molar-refractivity contribution >= 4 is 28.2 Å². The molecule has 0 bridgehead atoms. The van der Waals surface area contributed by atoms with Crippen molar-refractivity contribution in [3.8, 4) is 0 Å². The smallest absolute Gasteiger partial charge is 0.224 e.